The van der Waals surface area contributed by atoms with Gasteiger partial charge in [-0.3, -0.25) is 0 Å². The minimum absolute atomic E-state index is 0.343. The highest BCUT2D eigenvalue weighted by Crippen LogP contribution is 2.33. The summed E-state index contributed by atoms with van der Waals surface area (Å²) in [4.78, 5) is 0. The van der Waals surface area contributed by atoms with Gasteiger partial charge in [-0.1, -0.05) is 12.1 Å². The van der Waals surface area contributed by atoms with Crippen LogP contribution in [-0.2, 0) is 6.42 Å². The van der Waals surface area contributed by atoms with Gasteiger partial charge in [-0.05, 0) is 37.0 Å². The number of aliphatic hydroxyl groups excluding tert-OH is 1. The lowest BCUT2D eigenvalue weighted by Crippen LogP contribution is -2.13. The second-order valence-corrected chi connectivity index (χ2v) is 4.21. The first-order valence-electron chi connectivity index (χ1n) is 5.66. The summed E-state index contributed by atoms with van der Waals surface area (Å²) in [7, 11) is 0. The third kappa shape index (κ3) is 1.44. The summed E-state index contributed by atoms with van der Waals surface area (Å²) < 4.78 is 1.83. The van der Waals surface area contributed by atoms with Crippen molar-refractivity contribution in [1.82, 2.24) is 9.78 Å². The Bertz CT molecular complexity index is 491. The lowest BCUT2D eigenvalue weighted by atomic mass is 9.88. The largest absolute Gasteiger partial charge is 0.388 e. The average molecular weight is 214 g/mol. The van der Waals surface area contributed by atoms with Gasteiger partial charge in [-0.2, -0.15) is 5.10 Å². The zero-order valence-corrected chi connectivity index (χ0v) is 9.00. The Balaban J connectivity index is 2.19. The highest BCUT2D eigenvalue weighted by atomic mass is 16.3. The summed E-state index contributed by atoms with van der Waals surface area (Å²) in [6.07, 6.45) is 6.30. The Morgan fingerprint density at radius 1 is 1.31 bits per heavy atom. The zero-order chi connectivity index (χ0) is 11.0. The van der Waals surface area contributed by atoms with Crippen molar-refractivity contribution in [3.63, 3.8) is 0 Å². The van der Waals surface area contributed by atoms with Crippen LogP contribution in [0.25, 0.3) is 5.69 Å². The van der Waals surface area contributed by atoms with Gasteiger partial charge in [-0.15, -0.1) is 0 Å². The number of aliphatic hydroxyl groups is 1. The molecule has 1 aromatic carbocycles. The van der Waals surface area contributed by atoms with Crippen molar-refractivity contribution in [2.45, 2.75) is 25.4 Å². The molecule has 1 atom stereocenters. The molecule has 2 aromatic rings. The molecule has 3 nitrogen and oxygen atoms in total. The molecule has 0 spiro atoms. The van der Waals surface area contributed by atoms with Crippen molar-refractivity contribution in [3.05, 3.63) is 47.8 Å². The van der Waals surface area contributed by atoms with E-state index < -0.39 is 0 Å². The highest BCUT2D eigenvalue weighted by Gasteiger charge is 2.21. The first-order chi connectivity index (χ1) is 7.86. The Hall–Kier alpha value is -1.61. The smallest absolute Gasteiger partial charge is 0.0813 e. The predicted octanol–water partition coefficient (Wildman–Crippen LogP) is 2.24. The number of rotatable bonds is 1. The average Bonchev–Trinajstić information content (AvgIpc) is 2.82. The molecule has 1 heterocycles. The van der Waals surface area contributed by atoms with Crippen LogP contribution in [0.2, 0.25) is 0 Å². The molecule has 1 N–H and O–H groups in total. The molecule has 1 aliphatic carbocycles. The molecule has 0 saturated heterocycles. The van der Waals surface area contributed by atoms with E-state index in [1.165, 1.54) is 5.56 Å². The van der Waals surface area contributed by atoms with Gasteiger partial charge in [0.15, 0.2) is 0 Å². The van der Waals surface area contributed by atoms with Gasteiger partial charge >= 0.3 is 0 Å². The van der Waals surface area contributed by atoms with Crippen molar-refractivity contribution in [2.24, 2.45) is 0 Å². The van der Waals surface area contributed by atoms with E-state index in [4.69, 9.17) is 0 Å². The fourth-order valence-corrected chi connectivity index (χ4v) is 2.44. The maximum Gasteiger partial charge on any atom is 0.0813 e. The Labute approximate surface area is 94.3 Å². The van der Waals surface area contributed by atoms with Crippen molar-refractivity contribution in [1.29, 1.82) is 0 Å². The van der Waals surface area contributed by atoms with E-state index >= 15 is 0 Å². The van der Waals surface area contributed by atoms with Gasteiger partial charge < -0.3 is 5.11 Å². The van der Waals surface area contributed by atoms with Gasteiger partial charge in [0.1, 0.15) is 0 Å². The van der Waals surface area contributed by atoms with Crippen LogP contribution in [0.3, 0.4) is 0 Å². The lowest BCUT2D eigenvalue weighted by molar-refractivity contribution is 0.156. The van der Waals surface area contributed by atoms with Gasteiger partial charge in [0.2, 0.25) is 0 Å². The number of benzene rings is 1. The number of fused-ring (bicyclic) bond motifs is 1. The first kappa shape index (κ1) is 9.60. The van der Waals surface area contributed by atoms with Crippen molar-refractivity contribution < 1.29 is 5.11 Å². The SMILES string of the molecule is OC1CCCc2cccc(-n3cccn3)c21. The van der Waals surface area contributed by atoms with Crippen LogP contribution in [-0.4, -0.2) is 14.9 Å². The molecule has 16 heavy (non-hydrogen) atoms. The second kappa shape index (κ2) is 3.76. The van der Waals surface area contributed by atoms with E-state index in [9.17, 15) is 5.11 Å². The van der Waals surface area contributed by atoms with Crippen LogP contribution < -0.4 is 0 Å². The van der Waals surface area contributed by atoms with Crippen LogP contribution in [0.15, 0.2) is 36.7 Å². The molecule has 1 aromatic heterocycles. The second-order valence-electron chi connectivity index (χ2n) is 4.21. The maximum absolute atomic E-state index is 10.1. The minimum Gasteiger partial charge on any atom is -0.388 e. The molecule has 0 amide bonds. The summed E-state index contributed by atoms with van der Waals surface area (Å²) in [6.45, 7) is 0. The van der Waals surface area contributed by atoms with E-state index in [0.29, 0.717) is 0 Å². The summed E-state index contributed by atoms with van der Waals surface area (Å²) in [5.41, 5.74) is 3.32. The third-order valence-corrected chi connectivity index (χ3v) is 3.18. The predicted molar refractivity (Wildman–Crippen MR) is 61.5 cm³/mol. The molecule has 1 unspecified atom stereocenters. The van der Waals surface area contributed by atoms with E-state index in [1.807, 2.05) is 29.1 Å². The molecule has 0 fully saturated rings. The van der Waals surface area contributed by atoms with Crippen molar-refractivity contribution >= 4 is 0 Å². The van der Waals surface area contributed by atoms with Crippen LogP contribution in [0, 0.1) is 0 Å². The monoisotopic (exact) mass is 214 g/mol. The molecule has 0 radical (unpaired) electrons. The van der Waals surface area contributed by atoms with Crippen LogP contribution in [0.4, 0.5) is 0 Å². The highest BCUT2D eigenvalue weighted by molar-refractivity contribution is 5.48. The fourth-order valence-electron chi connectivity index (χ4n) is 2.44. The van der Waals surface area contributed by atoms with E-state index in [2.05, 4.69) is 11.2 Å². The number of nitrogens with zero attached hydrogens (tertiary/aromatic N) is 2. The molecular formula is C13H14N2O. The van der Waals surface area contributed by atoms with Crippen LogP contribution in [0.1, 0.15) is 30.1 Å². The van der Waals surface area contributed by atoms with E-state index in [-0.39, 0.29) is 6.10 Å². The fraction of sp³-hybridized carbons (Fsp3) is 0.308. The molecule has 3 rings (SSSR count). The number of hydrogen-bond acceptors (Lipinski definition) is 2. The third-order valence-electron chi connectivity index (χ3n) is 3.18. The number of aromatic nitrogens is 2. The molecule has 3 heteroatoms. The van der Waals surface area contributed by atoms with Gasteiger partial charge in [0.05, 0.1) is 11.8 Å². The van der Waals surface area contributed by atoms with E-state index in [0.717, 1.165) is 30.5 Å². The quantitative estimate of drug-likeness (QED) is 0.790. The summed E-state index contributed by atoms with van der Waals surface area (Å²) in [5, 5.41) is 14.3. The lowest BCUT2D eigenvalue weighted by Gasteiger charge is -2.24. The summed E-state index contributed by atoms with van der Waals surface area (Å²) in [6, 6.07) is 8.05. The number of hydrogen-bond donors (Lipinski definition) is 1. The molecule has 0 bridgehead atoms. The Morgan fingerprint density at radius 2 is 2.25 bits per heavy atom. The zero-order valence-electron chi connectivity index (χ0n) is 9.00. The number of aryl methyl sites for hydroxylation is 1. The van der Waals surface area contributed by atoms with Gasteiger partial charge in [0, 0.05) is 18.0 Å². The normalized spacial score (nSPS) is 19.4. The van der Waals surface area contributed by atoms with Gasteiger partial charge in [-0.25, -0.2) is 4.68 Å². The molecule has 1 aliphatic rings. The van der Waals surface area contributed by atoms with Crippen molar-refractivity contribution in [2.75, 3.05) is 0 Å². The molecular weight excluding hydrogens is 200 g/mol. The molecule has 82 valence electrons. The Kier molecular flexibility index (Phi) is 2.26. The first-order valence-corrected chi connectivity index (χ1v) is 5.66. The molecule has 0 aliphatic heterocycles. The van der Waals surface area contributed by atoms with Crippen molar-refractivity contribution in [3.8, 4) is 5.69 Å². The van der Waals surface area contributed by atoms with Crippen LogP contribution >= 0.6 is 0 Å². The van der Waals surface area contributed by atoms with E-state index in [1.54, 1.807) is 6.20 Å². The minimum atomic E-state index is -0.343. The summed E-state index contributed by atoms with van der Waals surface area (Å²) >= 11 is 0. The van der Waals surface area contributed by atoms with Crippen LogP contribution in [0.5, 0.6) is 0 Å². The topological polar surface area (TPSA) is 38.0 Å². The maximum atomic E-state index is 10.1. The summed E-state index contributed by atoms with van der Waals surface area (Å²) in [5.74, 6) is 0. The molecule has 0 saturated carbocycles. The standard InChI is InChI=1S/C13H14N2O/c16-12-7-2-5-10-4-1-6-11(13(10)12)15-9-3-8-14-15/h1,3-4,6,8-9,12,16H,2,5,7H2. The Morgan fingerprint density at radius 3 is 3.06 bits per heavy atom. The van der Waals surface area contributed by atoms with Gasteiger partial charge in [0.25, 0.3) is 0 Å².